The summed E-state index contributed by atoms with van der Waals surface area (Å²) in [7, 11) is 0. The summed E-state index contributed by atoms with van der Waals surface area (Å²) in [6.45, 7) is 6.61. The Labute approximate surface area is 243 Å². The van der Waals surface area contributed by atoms with Crippen LogP contribution in [0.25, 0.3) is 66.9 Å². The number of para-hydroxylation sites is 2. The van der Waals surface area contributed by atoms with Gasteiger partial charge in [-0.2, -0.15) is 0 Å². The van der Waals surface area contributed by atoms with E-state index in [1.54, 1.807) is 6.07 Å². The average molecular weight is 540 g/mol. The molecule has 0 spiro atoms. The molecule has 3 aromatic heterocycles. The molecule has 0 saturated heterocycles. The van der Waals surface area contributed by atoms with E-state index in [2.05, 4.69) is 75.1 Å². The molecule has 4 heteroatoms. The van der Waals surface area contributed by atoms with Crippen LogP contribution in [0.1, 0.15) is 60.5 Å². The Morgan fingerprint density at radius 1 is 0.634 bits per heavy atom. The van der Waals surface area contributed by atoms with Crippen LogP contribution >= 0.6 is 0 Å². The topological polar surface area (TPSA) is 52.1 Å². The van der Waals surface area contributed by atoms with E-state index >= 15 is 0 Å². The Morgan fingerprint density at radius 2 is 1.37 bits per heavy atom. The van der Waals surface area contributed by atoms with Gasteiger partial charge in [-0.1, -0.05) is 94.4 Å². The van der Waals surface area contributed by atoms with Crippen molar-refractivity contribution < 1.29 is 12.9 Å². The summed E-state index contributed by atoms with van der Waals surface area (Å²) in [5.41, 5.74) is 10.1. The van der Waals surface area contributed by atoms with Gasteiger partial charge in [-0.05, 0) is 70.8 Å². The van der Waals surface area contributed by atoms with Crippen LogP contribution in [0.2, 0.25) is 0 Å². The maximum absolute atomic E-state index is 7.75. The second-order valence-electron chi connectivity index (χ2n) is 11.2. The molecular weight excluding hydrogens is 504 g/mol. The molecule has 7 aromatic rings. The van der Waals surface area contributed by atoms with Crippen molar-refractivity contribution in [3.63, 3.8) is 0 Å². The number of pyridine rings is 1. The highest BCUT2D eigenvalue weighted by atomic mass is 16.4. The minimum Gasteiger partial charge on any atom is -0.437 e. The highest BCUT2D eigenvalue weighted by Gasteiger charge is 2.23. The van der Waals surface area contributed by atoms with Gasteiger partial charge in [-0.25, -0.2) is 9.97 Å². The maximum Gasteiger partial charge on any atom is 0.231 e. The number of fused-ring (bicyclic) bond motifs is 4. The normalized spacial score (nSPS) is 13.4. The third-order valence-electron chi connectivity index (χ3n) is 7.83. The molecule has 0 unspecified atom stereocenters. The average Bonchev–Trinajstić information content (AvgIpc) is 3.61. The molecule has 0 saturated carbocycles. The summed E-state index contributed by atoms with van der Waals surface area (Å²) in [5.74, 6) is 0.993. The van der Waals surface area contributed by atoms with Crippen molar-refractivity contribution >= 4 is 33.2 Å². The van der Waals surface area contributed by atoms with E-state index in [4.69, 9.17) is 17.9 Å². The lowest BCUT2D eigenvalue weighted by molar-refractivity contribution is 0.614. The van der Waals surface area contributed by atoms with Crippen molar-refractivity contribution in [1.29, 1.82) is 0 Å². The van der Waals surface area contributed by atoms with Crippen LogP contribution in [0.15, 0.2) is 99.8 Å². The molecule has 0 N–H and O–H groups in total. The van der Waals surface area contributed by atoms with Crippen molar-refractivity contribution in [2.75, 3.05) is 0 Å². The minimum absolute atomic E-state index is 0.00249. The van der Waals surface area contributed by atoms with Gasteiger partial charge in [0.25, 0.3) is 0 Å². The van der Waals surface area contributed by atoms with E-state index in [1.807, 2.05) is 36.4 Å². The molecule has 0 fully saturated rings. The third kappa shape index (κ3) is 4.22. The van der Waals surface area contributed by atoms with Crippen molar-refractivity contribution in [1.82, 2.24) is 9.97 Å². The Balaban J connectivity index is 1.43. The molecule has 0 radical (unpaired) electrons. The smallest absolute Gasteiger partial charge is 0.231 e. The van der Waals surface area contributed by atoms with E-state index in [9.17, 15) is 0 Å². The molecule has 202 valence electrons. The maximum atomic E-state index is 7.75. The number of benzene rings is 4. The van der Waals surface area contributed by atoms with Crippen LogP contribution in [-0.2, 0) is 0 Å². The van der Waals surface area contributed by atoms with Gasteiger partial charge in [0.15, 0.2) is 5.58 Å². The van der Waals surface area contributed by atoms with Gasteiger partial charge in [0, 0.05) is 26.1 Å². The van der Waals surface area contributed by atoms with E-state index in [0.29, 0.717) is 17.0 Å². The summed E-state index contributed by atoms with van der Waals surface area (Å²) in [6, 6.07) is 30.3. The third-order valence-corrected chi connectivity index (χ3v) is 7.83. The second kappa shape index (κ2) is 9.74. The van der Waals surface area contributed by atoms with Gasteiger partial charge >= 0.3 is 0 Å². The van der Waals surface area contributed by atoms with Crippen molar-refractivity contribution in [3.8, 4) is 33.7 Å². The van der Waals surface area contributed by atoms with Gasteiger partial charge in [0.1, 0.15) is 11.1 Å². The molecular formula is C37H32N2O2. The zero-order valence-electron chi connectivity index (χ0n) is 26.5. The summed E-state index contributed by atoms with van der Waals surface area (Å²) in [6.07, 6.45) is 0. The van der Waals surface area contributed by atoms with Crippen LogP contribution in [-0.4, -0.2) is 9.97 Å². The molecule has 4 nitrogen and oxygen atoms in total. The SMILES string of the molecule is [2H]C([2H])([2H])c1ccc2c(n1)oc1c(-c3nc4cccc(-c5c(C(C)C)cc(-c6ccccc6)cc5C(C)C)c4o3)cccc12. The lowest BCUT2D eigenvalue weighted by Crippen LogP contribution is -2.01. The Hall–Kier alpha value is -4.70. The van der Waals surface area contributed by atoms with Crippen LogP contribution in [0, 0.1) is 6.85 Å². The predicted molar refractivity (Wildman–Crippen MR) is 168 cm³/mol. The van der Waals surface area contributed by atoms with Crippen LogP contribution in [0.4, 0.5) is 0 Å². The number of oxazole rings is 1. The number of nitrogens with zero attached hydrogens (tertiary/aromatic N) is 2. The molecule has 0 amide bonds. The molecule has 0 aliphatic heterocycles. The van der Waals surface area contributed by atoms with E-state index < -0.39 is 6.85 Å². The van der Waals surface area contributed by atoms with E-state index in [1.165, 1.54) is 33.9 Å². The van der Waals surface area contributed by atoms with Crippen molar-refractivity contribution in [2.24, 2.45) is 0 Å². The molecule has 4 aromatic carbocycles. The summed E-state index contributed by atoms with van der Waals surface area (Å²) >= 11 is 0. The summed E-state index contributed by atoms with van der Waals surface area (Å²) < 4.78 is 36.1. The van der Waals surface area contributed by atoms with Gasteiger partial charge < -0.3 is 8.83 Å². The fraction of sp³-hybridized carbons (Fsp3) is 0.189. The van der Waals surface area contributed by atoms with Crippen LogP contribution in [0.3, 0.4) is 0 Å². The fourth-order valence-electron chi connectivity index (χ4n) is 5.82. The first-order chi connectivity index (χ1) is 21.1. The van der Waals surface area contributed by atoms with Crippen LogP contribution < -0.4 is 0 Å². The monoisotopic (exact) mass is 539 g/mol. The van der Waals surface area contributed by atoms with Gasteiger partial charge in [-0.15, -0.1) is 0 Å². The highest BCUT2D eigenvalue weighted by molar-refractivity contribution is 6.08. The zero-order chi connectivity index (χ0) is 30.7. The van der Waals surface area contributed by atoms with Gasteiger partial charge in [0.2, 0.25) is 11.6 Å². The Kier molecular flexibility index (Phi) is 5.24. The van der Waals surface area contributed by atoms with E-state index in [0.717, 1.165) is 27.4 Å². The minimum atomic E-state index is -2.32. The first-order valence-corrected chi connectivity index (χ1v) is 14.1. The quantitative estimate of drug-likeness (QED) is 0.218. The summed E-state index contributed by atoms with van der Waals surface area (Å²) in [4.78, 5) is 9.24. The molecule has 0 aliphatic rings. The number of furan rings is 1. The molecule has 0 bridgehead atoms. The fourth-order valence-corrected chi connectivity index (χ4v) is 5.82. The van der Waals surface area contributed by atoms with Gasteiger partial charge in [-0.3, -0.25) is 0 Å². The van der Waals surface area contributed by atoms with Crippen molar-refractivity contribution in [2.45, 2.75) is 46.4 Å². The number of aryl methyl sites for hydroxylation is 1. The van der Waals surface area contributed by atoms with Crippen molar-refractivity contribution in [3.05, 3.63) is 108 Å². The molecule has 0 atom stereocenters. The van der Waals surface area contributed by atoms with E-state index in [-0.39, 0.29) is 23.2 Å². The second-order valence-corrected chi connectivity index (χ2v) is 11.2. The number of aromatic nitrogens is 2. The molecule has 7 rings (SSSR count). The Bertz CT molecular complexity index is 2140. The Morgan fingerprint density at radius 3 is 2.10 bits per heavy atom. The number of hydrogen-bond donors (Lipinski definition) is 0. The van der Waals surface area contributed by atoms with Crippen LogP contribution in [0.5, 0.6) is 0 Å². The molecule has 0 aliphatic carbocycles. The first-order valence-electron chi connectivity index (χ1n) is 15.6. The molecule has 3 heterocycles. The lowest BCUT2D eigenvalue weighted by atomic mass is 9.82. The standard InChI is InChI=1S/C37H32N2O2/c1-21(2)30-19-25(24-11-7-6-8-12-24)20-31(22(3)4)33(30)28-14-10-16-32-35(28)41-37(39-32)29-15-9-13-26-27-18-17-23(5)38-36(27)40-34(26)29/h6-22H,1-5H3/i5D3. The number of hydrogen-bond acceptors (Lipinski definition) is 4. The predicted octanol–water partition coefficient (Wildman–Crippen LogP) is 10.7. The lowest BCUT2D eigenvalue weighted by Gasteiger charge is -2.22. The molecule has 41 heavy (non-hydrogen) atoms. The first kappa shape index (κ1) is 22.0. The van der Waals surface area contributed by atoms with Gasteiger partial charge in [0.05, 0.1) is 5.56 Å². The largest absolute Gasteiger partial charge is 0.437 e. The number of rotatable bonds is 5. The zero-order valence-corrected chi connectivity index (χ0v) is 23.5. The summed E-state index contributed by atoms with van der Waals surface area (Å²) in [5, 5.41) is 1.57. The highest BCUT2D eigenvalue weighted by Crippen LogP contribution is 2.44.